The van der Waals surface area contributed by atoms with Crippen molar-refractivity contribution >= 4 is 51.4 Å². The molecule has 0 aromatic carbocycles. The Kier molecular flexibility index (Phi) is 31.5. The van der Waals surface area contributed by atoms with E-state index in [-0.39, 0.29) is 62.1 Å². The van der Waals surface area contributed by atoms with Crippen LogP contribution in [0.3, 0.4) is 0 Å². The third kappa shape index (κ3) is 163. The molecule has 0 fully saturated rings. The molecule has 0 rings (SSSR count). The van der Waals surface area contributed by atoms with Gasteiger partial charge < -0.3 is 14.7 Å². The fourth-order valence-corrected chi connectivity index (χ4v) is 0. The van der Waals surface area contributed by atoms with Crippen LogP contribution < -0.4 is 0 Å². The molecular weight excluding hydrogens is 378 g/mol. The van der Waals surface area contributed by atoms with E-state index in [9.17, 15) is 0 Å². The van der Waals surface area contributed by atoms with Crippen molar-refractivity contribution in [3.05, 3.63) is 0 Å². The zero-order chi connectivity index (χ0) is 6.50. The summed E-state index contributed by atoms with van der Waals surface area (Å²) in [5, 5.41) is 0. The van der Waals surface area contributed by atoms with E-state index in [1.165, 1.54) is 0 Å². The second kappa shape index (κ2) is 12.6. The first-order valence-corrected chi connectivity index (χ1v) is 4.14. The molecule has 0 saturated heterocycles. The van der Waals surface area contributed by atoms with Gasteiger partial charge in [-0.2, -0.15) is 0 Å². The van der Waals surface area contributed by atoms with Crippen LogP contribution in [-0.2, 0) is 25.9 Å². The van der Waals surface area contributed by atoms with Gasteiger partial charge in [-0.3, -0.25) is 0 Å². The summed E-state index contributed by atoms with van der Waals surface area (Å²) >= 11 is 0.0556. The third-order valence-electron chi connectivity index (χ3n) is 0. The fourth-order valence-electron chi connectivity index (χ4n) is 0. The quantitative estimate of drug-likeness (QED) is 0.322. The van der Waals surface area contributed by atoms with E-state index in [1.807, 2.05) is 0 Å². The first-order chi connectivity index (χ1) is 3.00. The van der Waals surface area contributed by atoms with Crippen LogP contribution in [0.1, 0.15) is 0 Å². The van der Waals surface area contributed by atoms with Crippen molar-refractivity contribution in [1.29, 1.82) is 0 Å². The Bertz CT molecular complexity index is 72.8. The summed E-state index contributed by atoms with van der Waals surface area (Å²) in [6.07, 6.45) is 0. The van der Waals surface area contributed by atoms with Crippen LogP contribution in [0.5, 0.6) is 0 Å². The minimum Gasteiger partial charge on any atom is 0 e. The average Bonchev–Trinajstić information content (AvgIpc) is 1.36. The van der Waals surface area contributed by atoms with Crippen LogP contribution in [0, 0.1) is 0 Å². The summed E-state index contributed by atoms with van der Waals surface area (Å²) in [5.74, 6) is 0. The Balaban J connectivity index is -0.0000000286. The van der Waals surface area contributed by atoms with Crippen LogP contribution >= 0.6 is 7.82 Å². The number of rotatable bonds is 0. The summed E-state index contributed by atoms with van der Waals surface area (Å²) in [5.41, 5.74) is 0. The van der Waals surface area contributed by atoms with Crippen LogP contribution in [-0.4, -0.2) is 58.3 Å². The van der Waals surface area contributed by atoms with Gasteiger partial charge in [0.25, 0.3) is 0 Å². The molecule has 0 amide bonds. The predicted molar refractivity (Wildman–Crippen MR) is 29.2 cm³/mol. The molecule has 0 aromatic heterocycles. The Morgan fingerprint density at radius 3 is 1.11 bits per heavy atom. The van der Waals surface area contributed by atoms with Crippen molar-refractivity contribution in [2.45, 2.75) is 0 Å². The Morgan fingerprint density at radius 1 is 1.11 bits per heavy atom. The van der Waals surface area contributed by atoms with Gasteiger partial charge >= 0.3 is 54.2 Å². The van der Waals surface area contributed by atoms with Crippen LogP contribution in [0.2, 0.25) is 0 Å². The molecule has 1 radical (unpaired) electrons. The normalized spacial score (nSPS) is 7.00. The fraction of sp³-hybridized carbons (Fsp3) is 0. The van der Waals surface area contributed by atoms with E-state index in [0.717, 1.165) is 0 Å². The van der Waals surface area contributed by atoms with Gasteiger partial charge in [-0.05, 0) is 0 Å². The zero-order valence-corrected chi connectivity index (χ0v) is 9.73. The number of hydrogen-bond acceptors (Lipinski definition) is 2. The summed E-state index contributed by atoms with van der Waals surface area (Å²) in [6.45, 7) is 0. The van der Waals surface area contributed by atoms with Crippen LogP contribution in [0.4, 0.5) is 0 Å². The first-order valence-electron chi connectivity index (χ1n) is 0.987. The Hall–Kier alpha value is 1.97. The van der Waals surface area contributed by atoms with Gasteiger partial charge in [-0.25, -0.2) is 4.57 Å². The number of phosphoric acid groups is 1. The van der Waals surface area contributed by atoms with Crippen molar-refractivity contribution in [2.24, 2.45) is 0 Å². The van der Waals surface area contributed by atoms with Crippen LogP contribution in [0.15, 0.2) is 0 Å². The maximum atomic E-state index is 8.88. The molecule has 0 aromatic rings. The molecule has 51 valence electrons. The van der Waals surface area contributed by atoms with E-state index < -0.39 is 7.82 Å². The molecule has 9 heteroatoms. The van der Waals surface area contributed by atoms with E-state index in [4.69, 9.17) is 22.1 Å². The van der Waals surface area contributed by atoms with Crippen molar-refractivity contribution in [1.82, 2.24) is 0 Å². The molecule has 3 N–H and O–H groups in total. The first kappa shape index (κ1) is 22.4. The van der Waals surface area contributed by atoms with E-state index >= 15 is 0 Å². The predicted octanol–water partition coefficient (Wildman–Crippen LogP) is -2.35. The largest absolute Gasteiger partial charge is 0 e. The molecular formula is H5BiLiO5PV. The maximum absolute atomic E-state index is 8.88. The van der Waals surface area contributed by atoms with Crippen molar-refractivity contribution in [2.75, 3.05) is 0 Å². The molecule has 0 aliphatic rings. The summed E-state index contributed by atoms with van der Waals surface area (Å²) in [4.78, 5) is 21.6. The molecule has 0 aliphatic heterocycles. The topological polar surface area (TPSA) is 94.8 Å². The van der Waals surface area contributed by atoms with Gasteiger partial charge in [0, 0.05) is 18.6 Å². The zero-order valence-electron chi connectivity index (χ0n) is 3.55. The van der Waals surface area contributed by atoms with Crippen LogP contribution in [0.25, 0.3) is 0 Å². The molecule has 0 saturated carbocycles. The summed E-state index contributed by atoms with van der Waals surface area (Å²) in [7, 11) is -4.64. The van der Waals surface area contributed by atoms with Crippen molar-refractivity contribution in [3.63, 3.8) is 0 Å². The second-order valence-electron chi connectivity index (χ2n) is 0.513. The molecule has 0 unspecified atom stereocenters. The average molecular weight is 383 g/mol. The van der Waals surface area contributed by atoms with Gasteiger partial charge in [0.05, 0.1) is 0 Å². The summed E-state index contributed by atoms with van der Waals surface area (Å²) < 4.78 is 17.3. The smallest absolute Gasteiger partial charge is 0 e. The third-order valence-corrected chi connectivity index (χ3v) is 0. The summed E-state index contributed by atoms with van der Waals surface area (Å²) in [6, 6.07) is 0. The minimum atomic E-state index is -4.64. The minimum absolute atomic E-state index is 0. The number of hydrogen-bond donors (Lipinski definition) is 3. The second-order valence-corrected chi connectivity index (χ2v) is 1.54. The molecule has 0 atom stereocenters. The van der Waals surface area contributed by atoms with Gasteiger partial charge in [0.15, 0.2) is 0 Å². The molecule has 5 nitrogen and oxygen atoms in total. The van der Waals surface area contributed by atoms with Crippen molar-refractivity contribution < 1.29 is 40.6 Å². The van der Waals surface area contributed by atoms with Gasteiger partial charge in [-0.1, -0.05) is 0 Å². The monoisotopic (exact) mass is 383 g/mol. The Labute approximate surface area is 91.2 Å². The van der Waals surface area contributed by atoms with Gasteiger partial charge in [0.2, 0.25) is 0 Å². The molecule has 0 bridgehead atoms. The van der Waals surface area contributed by atoms with Crippen molar-refractivity contribution in [3.8, 4) is 0 Å². The van der Waals surface area contributed by atoms with E-state index in [2.05, 4.69) is 0 Å². The molecule has 9 heavy (non-hydrogen) atoms. The molecule has 0 heterocycles. The SMILES string of the molecule is O=P(O)(O)O.[LiH].[O]=[BiH].[V]. The van der Waals surface area contributed by atoms with E-state index in [1.54, 1.807) is 0 Å². The molecule has 0 spiro atoms. The van der Waals surface area contributed by atoms with E-state index in [0.29, 0.717) is 0 Å². The Morgan fingerprint density at radius 2 is 1.11 bits per heavy atom. The maximum Gasteiger partial charge on any atom is 0 e. The van der Waals surface area contributed by atoms with Gasteiger partial charge in [-0.15, -0.1) is 0 Å². The standard InChI is InChI=1S/Bi.Li.H3O4P.O.V.2H/c;;1-5(2,3)4;;;;/h;;(H3,1,2,3,4);;;;. The van der Waals surface area contributed by atoms with Gasteiger partial charge in [0.1, 0.15) is 0 Å². The molecule has 0 aliphatic carbocycles.